The van der Waals surface area contributed by atoms with Crippen LogP contribution in [0.1, 0.15) is 18.9 Å². The average Bonchev–Trinajstić information content (AvgIpc) is 2.25. The van der Waals surface area contributed by atoms with Gasteiger partial charge in [-0.25, -0.2) is 4.39 Å². The molecule has 1 amide bonds. The third-order valence-electron chi connectivity index (χ3n) is 1.84. The molecule has 0 saturated carbocycles. The van der Waals surface area contributed by atoms with Crippen molar-refractivity contribution in [1.82, 2.24) is 5.32 Å². The number of benzene rings is 1. The van der Waals surface area contributed by atoms with Crippen LogP contribution in [0, 0.1) is 17.7 Å². The number of nitrogens with one attached hydrogen (secondary N) is 1. The van der Waals surface area contributed by atoms with Gasteiger partial charge in [0.15, 0.2) is 0 Å². The van der Waals surface area contributed by atoms with Crippen molar-refractivity contribution < 1.29 is 9.18 Å². The highest BCUT2D eigenvalue weighted by Gasteiger charge is 2.05. The molecule has 0 aliphatic rings. The second kappa shape index (κ2) is 6.48. The number of rotatable bonds is 2. The van der Waals surface area contributed by atoms with E-state index in [-0.39, 0.29) is 16.0 Å². The van der Waals surface area contributed by atoms with Crippen molar-refractivity contribution in [3.8, 4) is 11.8 Å². The van der Waals surface area contributed by atoms with Crippen LogP contribution in [0.25, 0.3) is 0 Å². The lowest BCUT2D eigenvalue weighted by Gasteiger charge is -1.98. The third-order valence-corrected chi connectivity index (χ3v) is 2.62. The summed E-state index contributed by atoms with van der Waals surface area (Å²) < 4.78 is 13.2. The number of hydrogen-bond donors (Lipinski definition) is 1. The molecule has 1 rings (SSSR count). The fourth-order valence-corrected chi connectivity index (χ4v) is 1.41. The molecule has 90 valence electrons. The monoisotopic (exact) mass is 273 g/mol. The molecule has 0 spiro atoms. The largest absolute Gasteiger partial charge is 0.355 e. The molecule has 0 bridgehead atoms. The van der Waals surface area contributed by atoms with Crippen molar-refractivity contribution in [2.24, 2.45) is 0 Å². The van der Waals surface area contributed by atoms with Gasteiger partial charge in [-0.05, 0) is 12.1 Å². The van der Waals surface area contributed by atoms with Crippen molar-refractivity contribution in [2.45, 2.75) is 13.3 Å². The number of amides is 1. The van der Waals surface area contributed by atoms with Crippen LogP contribution >= 0.6 is 23.2 Å². The van der Waals surface area contributed by atoms with Crippen LogP contribution in [0.3, 0.4) is 0 Å². The molecule has 0 aliphatic heterocycles. The molecule has 0 aliphatic carbocycles. The van der Waals surface area contributed by atoms with E-state index in [4.69, 9.17) is 23.2 Å². The lowest BCUT2D eigenvalue weighted by atomic mass is 10.2. The Bertz CT molecular complexity index is 468. The van der Waals surface area contributed by atoms with E-state index in [0.29, 0.717) is 18.5 Å². The van der Waals surface area contributed by atoms with Crippen molar-refractivity contribution in [3.05, 3.63) is 33.6 Å². The maximum atomic E-state index is 13.2. The van der Waals surface area contributed by atoms with Crippen LogP contribution in [0.2, 0.25) is 10.0 Å². The normalized spacial score (nSPS) is 9.41. The maximum absolute atomic E-state index is 13.2. The highest BCUT2D eigenvalue weighted by atomic mass is 35.5. The summed E-state index contributed by atoms with van der Waals surface area (Å²) in [6.07, 6.45) is 0.488. The predicted octanol–water partition coefficient (Wildman–Crippen LogP) is 3.01. The van der Waals surface area contributed by atoms with E-state index in [2.05, 4.69) is 17.2 Å². The van der Waals surface area contributed by atoms with E-state index in [1.54, 1.807) is 0 Å². The van der Waals surface area contributed by atoms with Gasteiger partial charge in [0.25, 0.3) is 0 Å². The summed E-state index contributed by atoms with van der Waals surface area (Å²) in [6, 6.07) is 2.72. The Balaban J connectivity index is 2.63. The Morgan fingerprint density at radius 3 is 2.76 bits per heavy atom. The second-order valence-electron chi connectivity index (χ2n) is 3.29. The zero-order chi connectivity index (χ0) is 12.8. The highest BCUT2D eigenvalue weighted by molar-refractivity contribution is 6.42. The molecule has 0 aromatic heterocycles. The molecule has 1 aromatic rings. The average molecular weight is 274 g/mol. The first-order chi connectivity index (χ1) is 8.00. The Morgan fingerprint density at radius 2 is 2.18 bits per heavy atom. The fourth-order valence-electron chi connectivity index (χ4n) is 1.09. The molecular formula is C12H10Cl2FNO. The van der Waals surface area contributed by atoms with Gasteiger partial charge in [-0.2, -0.15) is 0 Å². The van der Waals surface area contributed by atoms with Gasteiger partial charge >= 0.3 is 0 Å². The van der Waals surface area contributed by atoms with E-state index < -0.39 is 5.82 Å². The second-order valence-corrected chi connectivity index (χ2v) is 4.07. The topological polar surface area (TPSA) is 29.1 Å². The van der Waals surface area contributed by atoms with Crippen LogP contribution < -0.4 is 5.32 Å². The van der Waals surface area contributed by atoms with Gasteiger partial charge in [-0.15, -0.1) is 0 Å². The van der Waals surface area contributed by atoms with Crippen molar-refractivity contribution in [1.29, 1.82) is 0 Å². The van der Waals surface area contributed by atoms with Gasteiger partial charge < -0.3 is 5.32 Å². The van der Waals surface area contributed by atoms with E-state index in [9.17, 15) is 9.18 Å². The van der Waals surface area contributed by atoms with Crippen LogP contribution in [0.15, 0.2) is 12.1 Å². The number of hydrogen-bond acceptors (Lipinski definition) is 1. The smallest absolute Gasteiger partial charge is 0.216 e. The zero-order valence-electron chi connectivity index (χ0n) is 9.11. The molecule has 17 heavy (non-hydrogen) atoms. The molecule has 0 fully saturated rings. The predicted molar refractivity (Wildman–Crippen MR) is 66.6 cm³/mol. The van der Waals surface area contributed by atoms with Crippen LogP contribution in [0.5, 0.6) is 0 Å². The van der Waals surface area contributed by atoms with E-state index in [0.717, 1.165) is 0 Å². The van der Waals surface area contributed by atoms with E-state index >= 15 is 0 Å². The summed E-state index contributed by atoms with van der Waals surface area (Å²) in [5.74, 6) is 4.84. The fraction of sp³-hybridized carbons (Fsp3) is 0.250. The molecule has 0 atom stereocenters. The lowest BCUT2D eigenvalue weighted by Crippen LogP contribution is -2.20. The quantitative estimate of drug-likeness (QED) is 0.501. The minimum Gasteiger partial charge on any atom is -0.355 e. The Morgan fingerprint density at radius 1 is 1.47 bits per heavy atom. The molecule has 2 nitrogen and oxygen atoms in total. The Labute approximate surface area is 109 Å². The highest BCUT2D eigenvalue weighted by Crippen LogP contribution is 2.25. The first kappa shape index (κ1) is 13.8. The maximum Gasteiger partial charge on any atom is 0.216 e. The summed E-state index contributed by atoms with van der Waals surface area (Å²) >= 11 is 11.3. The van der Waals surface area contributed by atoms with Crippen molar-refractivity contribution in [2.75, 3.05) is 6.54 Å². The molecular weight excluding hydrogens is 264 g/mol. The molecule has 0 radical (unpaired) electrons. The van der Waals surface area contributed by atoms with Crippen LogP contribution in [-0.4, -0.2) is 12.5 Å². The van der Waals surface area contributed by atoms with Crippen molar-refractivity contribution >= 4 is 29.1 Å². The van der Waals surface area contributed by atoms with Gasteiger partial charge in [0, 0.05) is 25.5 Å². The molecule has 0 saturated heterocycles. The van der Waals surface area contributed by atoms with Gasteiger partial charge in [0.2, 0.25) is 5.91 Å². The van der Waals surface area contributed by atoms with Crippen LogP contribution in [0.4, 0.5) is 4.39 Å². The first-order valence-electron chi connectivity index (χ1n) is 4.88. The summed E-state index contributed by atoms with van der Waals surface area (Å²) in [5.41, 5.74) is 0.458. The van der Waals surface area contributed by atoms with E-state index in [1.807, 2.05) is 0 Å². The zero-order valence-corrected chi connectivity index (χ0v) is 10.6. The molecule has 1 N–H and O–H groups in total. The third kappa shape index (κ3) is 4.64. The van der Waals surface area contributed by atoms with Crippen molar-refractivity contribution in [3.63, 3.8) is 0 Å². The summed E-state index contributed by atoms with van der Waals surface area (Å²) in [7, 11) is 0. The standard InChI is InChI=1S/C12H10Cl2FNO/c1-8(17)16-5-3-2-4-9-6-10(13)12(14)11(15)7-9/h6-7H,3,5H2,1H3,(H,16,17). The number of carbonyl (C=O) groups excluding carboxylic acids is 1. The first-order valence-corrected chi connectivity index (χ1v) is 5.64. The minimum absolute atomic E-state index is 0.101. The molecule has 0 unspecified atom stereocenters. The number of halogens is 3. The Hall–Kier alpha value is -1.24. The summed E-state index contributed by atoms with van der Waals surface area (Å²) in [4.78, 5) is 10.6. The van der Waals surface area contributed by atoms with Gasteiger partial charge in [-0.1, -0.05) is 35.0 Å². The van der Waals surface area contributed by atoms with E-state index in [1.165, 1.54) is 19.1 Å². The van der Waals surface area contributed by atoms with Gasteiger partial charge in [0.1, 0.15) is 5.82 Å². The number of carbonyl (C=O) groups is 1. The SMILES string of the molecule is CC(=O)NCCC#Cc1cc(F)c(Cl)c(Cl)c1. The van der Waals surface area contributed by atoms with Gasteiger partial charge in [0.05, 0.1) is 10.0 Å². The minimum atomic E-state index is -0.592. The lowest BCUT2D eigenvalue weighted by molar-refractivity contribution is -0.118. The summed E-state index contributed by atoms with van der Waals surface area (Å²) in [6.45, 7) is 1.90. The molecule has 1 aromatic carbocycles. The summed E-state index contributed by atoms with van der Waals surface area (Å²) in [5, 5.41) is 2.64. The molecule has 0 heterocycles. The van der Waals surface area contributed by atoms with Crippen LogP contribution in [-0.2, 0) is 4.79 Å². The van der Waals surface area contributed by atoms with Gasteiger partial charge in [-0.3, -0.25) is 4.79 Å². The molecule has 5 heteroatoms. The Kier molecular flexibility index (Phi) is 5.27.